The lowest BCUT2D eigenvalue weighted by Crippen LogP contribution is -2.50. The van der Waals surface area contributed by atoms with Crippen molar-refractivity contribution in [3.05, 3.63) is 41.4 Å². The maximum Gasteiger partial charge on any atom is 0.233 e. The number of imide groups is 1. The number of aliphatic hydroxyl groups excluding tert-OH is 1. The van der Waals surface area contributed by atoms with E-state index in [1.807, 2.05) is 18.2 Å². The summed E-state index contributed by atoms with van der Waals surface area (Å²) in [6, 6.07) is 7.85. The van der Waals surface area contributed by atoms with Crippen molar-refractivity contribution < 1.29 is 14.7 Å². The monoisotopic (exact) mass is 415 g/mol. The number of rotatable bonds is 5. The van der Waals surface area contributed by atoms with Gasteiger partial charge in [0.1, 0.15) is 0 Å². The summed E-state index contributed by atoms with van der Waals surface area (Å²) >= 11 is 6.09. The number of hydrogen-bond donors (Lipinski definition) is 1. The lowest BCUT2D eigenvalue weighted by Gasteiger charge is -2.37. The minimum Gasteiger partial charge on any atom is -0.390 e. The van der Waals surface area contributed by atoms with Crippen molar-refractivity contribution in [2.75, 3.05) is 44.2 Å². The number of benzene rings is 1. The fourth-order valence-corrected chi connectivity index (χ4v) is 5.76. The highest BCUT2D eigenvalue weighted by Crippen LogP contribution is 2.52. The van der Waals surface area contributed by atoms with Gasteiger partial charge >= 0.3 is 0 Å². The van der Waals surface area contributed by atoms with Crippen LogP contribution in [0.25, 0.3) is 0 Å². The summed E-state index contributed by atoms with van der Waals surface area (Å²) in [4.78, 5) is 31.4. The first-order chi connectivity index (χ1) is 14.0. The second kappa shape index (κ2) is 7.42. The standard InChI is InChI=1S/C22H26ClN3O3/c23-16-2-1-3-17(11-16)25-8-6-24(7-9-25)12-18(27)13-26-21(28)19-14-4-5-15(10-14)20(19)22(26)29/h1-5,11,14-15,18-20,27H,6-10,12-13H2/t14-,15?,18?,19-,20?/m0/s1. The minimum absolute atomic E-state index is 0.0818. The predicted molar refractivity (Wildman–Crippen MR) is 111 cm³/mol. The van der Waals surface area contributed by atoms with Crippen LogP contribution in [0, 0.1) is 23.7 Å². The fraction of sp³-hybridized carbons (Fsp3) is 0.545. The van der Waals surface area contributed by atoms with Crippen LogP contribution in [0.1, 0.15) is 6.42 Å². The highest BCUT2D eigenvalue weighted by molar-refractivity contribution is 6.30. The zero-order chi connectivity index (χ0) is 20.1. The Hall–Kier alpha value is -1.89. The summed E-state index contributed by atoms with van der Waals surface area (Å²) in [5.74, 6) is -0.119. The molecule has 5 atom stereocenters. The molecular formula is C22H26ClN3O3. The molecule has 0 radical (unpaired) electrons. The number of hydrogen-bond acceptors (Lipinski definition) is 5. The molecule has 2 aliphatic heterocycles. The van der Waals surface area contributed by atoms with Crippen LogP contribution in [0.15, 0.2) is 36.4 Å². The number of fused-ring (bicyclic) bond motifs is 5. The maximum absolute atomic E-state index is 12.8. The van der Waals surface area contributed by atoms with Crippen LogP contribution in [0.3, 0.4) is 0 Å². The van der Waals surface area contributed by atoms with E-state index in [9.17, 15) is 14.7 Å². The molecule has 154 valence electrons. The van der Waals surface area contributed by atoms with Crippen molar-refractivity contribution in [2.45, 2.75) is 12.5 Å². The summed E-state index contributed by atoms with van der Waals surface area (Å²) in [7, 11) is 0. The first-order valence-electron chi connectivity index (χ1n) is 10.5. The molecule has 0 aromatic heterocycles. The molecule has 3 fully saturated rings. The van der Waals surface area contributed by atoms with Crippen molar-refractivity contribution >= 4 is 29.1 Å². The number of amides is 2. The van der Waals surface area contributed by atoms with Crippen LogP contribution in [-0.4, -0.2) is 72.1 Å². The largest absolute Gasteiger partial charge is 0.390 e. The van der Waals surface area contributed by atoms with Crippen LogP contribution >= 0.6 is 11.6 Å². The zero-order valence-electron chi connectivity index (χ0n) is 16.3. The first-order valence-corrected chi connectivity index (χ1v) is 10.8. The van der Waals surface area contributed by atoms with Crippen molar-refractivity contribution in [2.24, 2.45) is 23.7 Å². The van der Waals surface area contributed by atoms with Gasteiger partial charge in [0.25, 0.3) is 0 Å². The third kappa shape index (κ3) is 3.37. The highest BCUT2D eigenvalue weighted by atomic mass is 35.5. The number of piperazine rings is 1. The van der Waals surface area contributed by atoms with E-state index >= 15 is 0 Å². The van der Waals surface area contributed by atoms with Crippen molar-refractivity contribution in [3.8, 4) is 0 Å². The number of allylic oxidation sites excluding steroid dienone is 2. The smallest absolute Gasteiger partial charge is 0.233 e. The van der Waals surface area contributed by atoms with Gasteiger partial charge in [0.15, 0.2) is 0 Å². The lowest BCUT2D eigenvalue weighted by molar-refractivity contribution is -0.142. The average Bonchev–Trinajstić information content (AvgIpc) is 3.39. The van der Waals surface area contributed by atoms with Gasteiger partial charge in [-0.3, -0.25) is 19.4 Å². The van der Waals surface area contributed by atoms with Gasteiger partial charge < -0.3 is 10.0 Å². The number of likely N-dealkylation sites (tertiary alicyclic amines) is 1. The Morgan fingerprint density at radius 2 is 1.66 bits per heavy atom. The summed E-state index contributed by atoms with van der Waals surface area (Å²) in [5, 5.41) is 11.3. The quantitative estimate of drug-likeness (QED) is 0.585. The molecule has 6 nitrogen and oxygen atoms in total. The van der Waals surface area contributed by atoms with Gasteiger partial charge in [0, 0.05) is 43.4 Å². The van der Waals surface area contributed by atoms with Crippen LogP contribution in [-0.2, 0) is 9.59 Å². The molecule has 1 saturated carbocycles. The molecular weight excluding hydrogens is 390 g/mol. The van der Waals surface area contributed by atoms with E-state index in [1.165, 1.54) is 4.90 Å². The van der Waals surface area contributed by atoms with E-state index in [1.54, 1.807) is 0 Å². The van der Waals surface area contributed by atoms with Gasteiger partial charge in [-0.1, -0.05) is 29.8 Å². The fourth-order valence-electron chi connectivity index (χ4n) is 5.57. The second-order valence-electron chi connectivity index (χ2n) is 8.71. The normalized spacial score (nSPS) is 32.3. The number of aliphatic hydroxyl groups is 1. The van der Waals surface area contributed by atoms with E-state index in [0.717, 1.165) is 43.3 Å². The van der Waals surface area contributed by atoms with E-state index in [2.05, 4.69) is 28.0 Å². The van der Waals surface area contributed by atoms with Gasteiger partial charge in [-0.25, -0.2) is 0 Å². The molecule has 2 saturated heterocycles. The van der Waals surface area contributed by atoms with Gasteiger partial charge in [-0.15, -0.1) is 0 Å². The Kier molecular flexibility index (Phi) is 4.88. The number of carbonyl (C=O) groups is 2. The topological polar surface area (TPSA) is 64.1 Å². The molecule has 4 aliphatic rings. The Morgan fingerprint density at radius 3 is 2.28 bits per heavy atom. The molecule has 1 N–H and O–H groups in total. The minimum atomic E-state index is -0.718. The van der Waals surface area contributed by atoms with Crippen LogP contribution < -0.4 is 4.90 Å². The Balaban J connectivity index is 1.14. The van der Waals surface area contributed by atoms with Crippen LogP contribution in [0.2, 0.25) is 5.02 Å². The van der Waals surface area contributed by atoms with Gasteiger partial charge in [0.05, 0.1) is 24.5 Å². The van der Waals surface area contributed by atoms with Crippen LogP contribution in [0.4, 0.5) is 5.69 Å². The highest BCUT2D eigenvalue weighted by Gasteiger charge is 2.59. The molecule has 1 aromatic carbocycles. The Bertz CT molecular complexity index is 821. The van der Waals surface area contributed by atoms with E-state index in [0.29, 0.717) is 6.54 Å². The van der Waals surface area contributed by atoms with E-state index in [-0.39, 0.29) is 42.0 Å². The first kappa shape index (κ1) is 19.1. The van der Waals surface area contributed by atoms with E-state index < -0.39 is 6.10 Å². The number of anilines is 1. The molecule has 5 rings (SSSR count). The van der Waals surface area contributed by atoms with Gasteiger partial charge in [-0.2, -0.15) is 0 Å². The van der Waals surface area contributed by atoms with Crippen LogP contribution in [0.5, 0.6) is 0 Å². The van der Waals surface area contributed by atoms with Crippen molar-refractivity contribution in [3.63, 3.8) is 0 Å². The number of halogens is 1. The average molecular weight is 416 g/mol. The SMILES string of the molecule is O=C1C2C3C=C[C@@H](C3)[C@@H]2C(=O)N1CC(O)CN1CCN(c2cccc(Cl)c2)CC1. The molecule has 2 aliphatic carbocycles. The Labute approximate surface area is 175 Å². The summed E-state index contributed by atoms with van der Waals surface area (Å²) in [6.45, 7) is 3.94. The third-order valence-corrected chi connectivity index (χ3v) is 7.20. The molecule has 7 heteroatoms. The van der Waals surface area contributed by atoms with Gasteiger partial charge in [0.2, 0.25) is 11.8 Å². The lowest BCUT2D eigenvalue weighted by atomic mass is 9.85. The molecule has 2 amide bonds. The molecule has 29 heavy (non-hydrogen) atoms. The summed E-state index contributed by atoms with van der Waals surface area (Å²) < 4.78 is 0. The molecule has 2 heterocycles. The predicted octanol–water partition coefficient (Wildman–Crippen LogP) is 1.63. The van der Waals surface area contributed by atoms with E-state index in [4.69, 9.17) is 11.6 Å². The Morgan fingerprint density at radius 1 is 1.00 bits per heavy atom. The maximum atomic E-state index is 12.8. The molecule has 3 unspecified atom stereocenters. The molecule has 1 aromatic rings. The second-order valence-corrected chi connectivity index (χ2v) is 9.14. The third-order valence-electron chi connectivity index (χ3n) is 6.97. The number of β-amino-alcohol motifs (C(OH)–C–C–N with tert-alkyl or cyclic N) is 1. The molecule has 2 bridgehead atoms. The van der Waals surface area contributed by atoms with Crippen molar-refractivity contribution in [1.29, 1.82) is 0 Å². The van der Waals surface area contributed by atoms with Crippen molar-refractivity contribution in [1.82, 2.24) is 9.80 Å². The number of carbonyl (C=O) groups excluding carboxylic acids is 2. The number of nitrogens with zero attached hydrogens (tertiary/aromatic N) is 3. The zero-order valence-corrected chi connectivity index (χ0v) is 17.0. The van der Waals surface area contributed by atoms with Gasteiger partial charge in [-0.05, 0) is 36.5 Å². The summed E-state index contributed by atoms with van der Waals surface area (Å²) in [5.41, 5.74) is 1.11. The molecule has 0 spiro atoms. The summed E-state index contributed by atoms with van der Waals surface area (Å²) in [6.07, 6.45) is 4.40.